The largest absolute Gasteiger partial charge is 0.398 e. The first-order valence-electron chi connectivity index (χ1n) is 10.9. The van der Waals surface area contributed by atoms with Crippen molar-refractivity contribution in [2.24, 2.45) is 7.05 Å². The molecule has 2 heterocycles. The van der Waals surface area contributed by atoms with Gasteiger partial charge in [-0.2, -0.15) is 0 Å². The van der Waals surface area contributed by atoms with Gasteiger partial charge < -0.3 is 25.5 Å². The van der Waals surface area contributed by atoms with Crippen LogP contribution in [0.4, 0.5) is 5.69 Å². The van der Waals surface area contributed by atoms with Gasteiger partial charge in [-0.3, -0.25) is 4.79 Å². The summed E-state index contributed by atoms with van der Waals surface area (Å²) in [6.45, 7) is 0.742. The molecule has 0 saturated carbocycles. The van der Waals surface area contributed by atoms with Crippen molar-refractivity contribution in [3.05, 3.63) is 77.5 Å². The number of carbonyl (C=O) groups is 1. The van der Waals surface area contributed by atoms with E-state index in [1.54, 1.807) is 0 Å². The van der Waals surface area contributed by atoms with Gasteiger partial charge in [0.1, 0.15) is 0 Å². The zero-order valence-corrected chi connectivity index (χ0v) is 18.0. The van der Waals surface area contributed by atoms with Crippen molar-refractivity contribution in [1.82, 2.24) is 9.88 Å². The van der Waals surface area contributed by atoms with Crippen LogP contribution < -0.4 is 11.1 Å². The van der Waals surface area contributed by atoms with Gasteiger partial charge in [-0.05, 0) is 47.6 Å². The van der Waals surface area contributed by atoms with E-state index in [1.165, 1.54) is 16.5 Å². The van der Waals surface area contributed by atoms with Crippen molar-refractivity contribution >= 4 is 33.3 Å². The van der Waals surface area contributed by atoms with Gasteiger partial charge in [0.15, 0.2) is 0 Å². The van der Waals surface area contributed by atoms with Crippen molar-refractivity contribution in [3.63, 3.8) is 0 Å². The molecular formula is C26H27N3O3. The first kappa shape index (κ1) is 20.5. The van der Waals surface area contributed by atoms with Gasteiger partial charge in [0.25, 0.3) is 5.91 Å². The van der Waals surface area contributed by atoms with Crippen LogP contribution in [-0.4, -0.2) is 40.9 Å². The number of nitrogens with one attached hydrogen (secondary N) is 1. The number of aliphatic hydroxyl groups excluding tert-OH is 1. The summed E-state index contributed by atoms with van der Waals surface area (Å²) in [7, 11) is 2.04. The number of rotatable bonds is 4. The number of aliphatic hydroxyl groups is 1. The molecule has 1 amide bonds. The van der Waals surface area contributed by atoms with E-state index in [9.17, 15) is 9.90 Å². The van der Waals surface area contributed by atoms with E-state index in [2.05, 4.69) is 46.4 Å². The number of ether oxygens (including phenoxy) is 1. The van der Waals surface area contributed by atoms with Crippen molar-refractivity contribution < 1.29 is 14.6 Å². The van der Waals surface area contributed by atoms with Gasteiger partial charge in [-0.15, -0.1) is 0 Å². The fourth-order valence-corrected chi connectivity index (χ4v) is 4.67. The Morgan fingerprint density at radius 1 is 1.12 bits per heavy atom. The average molecular weight is 430 g/mol. The summed E-state index contributed by atoms with van der Waals surface area (Å²) >= 11 is 0. The highest BCUT2D eigenvalue weighted by molar-refractivity contribution is 6.09. The monoisotopic (exact) mass is 429 g/mol. The Balaban J connectivity index is 1.56. The van der Waals surface area contributed by atoms with Gasteiger partial charge >= 0.3 is 0 Å². The van der Waals surface area contributed by atoms with Crippen molar-refractivity contribution in [3.8, 4) is 0 Å². The zero-order valence-electron chi connectivity index (χ0n) is 18.0. The number of carbonyl (C=O) groups excluding carboxylic acids is 1. The lowest BCUT2D eigenvalue weighted by Crippen LogP contribution is -2.48. The highest BCUT2D eigenvalue weighted by Gasteiger charge is 2.27. The number of hydrogen-bond acceptors (Lipinski definition) is 4. The standard InChI is InChI=1S/C26H27N3O3/c1-29-11-9-19-16(5-4-8-23(19)29)13-17-14-21(25(27)20-7-3-2-6-18(17)20)26(31)28-22-10-12-32-15-24(22)30/h2-9,11,14,22,24,30H,10,12-13,15,27H2,1H3,(H,28,31)/t22-,24-/m0/s1. The zero-order chi connectivity index (χ0) is 22.2. The summed E-state index contributed by atoms with van der Waals surface area (Å²) in [5, 5.41) is 16.3. The molecule has 1 aliphatic rings. The molecule has 1 saturated heterocycles. The predicted octanol–water partition coefficient (Wildman–Crippen LogP) is 3.38. The third kappa shape index (κ3) is 3.61. The van der Waals surface area contributed by atoms with Crippen molar-refractivity contribution in [2.45, 2.75) is 25.0 Å². The minimum atomic E-state index is -0.718. The Kier molecular flexibility index (Phi) is 5.33. The molecule has 0 unspecified atom stereocenters. The van der Waals surface area contributed by atoms with Crippen LogP contribution in [-0.2, 0) is 18.2 Å². The number of nitrogens with zero attached hydrogens (tertiary/aromatic N) is 1. The van der Waals surface area contributed by atoms with Crippen LogP contribution in [0.25, 0.3) is 21.7 Å². The highest BCUT2D eigenvalue weighted by atomic mass is 16.5. The average Bonchev–Trinajstić information content (AvgIpc) is 3.19. The van der Waals surface area contributed by atoms with E-state index in [4.69, 9.17) is 10.5 Å². The lowest BCUT2D eigenvalue weighted by atomic mass is 9.92. The topological polar surface area (TPSA) is 89.5 Å². The molecule has 1 aromatic heterocycles. The molecule has 0 spiro atoms. The summed E-state index contributed by atoms with van der Waals surface area (Å²) in [5.74, 6) is -0.265. The van der Waals surface area contributed by atoms with Gasteiger partial charge in [-0.25, -0.2) is 0 Å². The third-order valence-corrected chi connectivity index (χ3v) is 6.46. The summed E-state index contributed by atoms with van der Waals surface area (Å²) in [6.07, 6.45) is 2.60. The molecule has 4 aromatic rings. The molecule has 6 nitrogen and oxygen atoms in total. The van der Waals surface area contributed by atoms with Gasteiger partial charge in [-0.1, -0.05) is 36.4 Å². The molecule has 0 bridgehead atoms. The number of aryl methyl sites for hydroxylation is 1. The van der Waals surface area contributed by atoms with Crippen molar-refractivity contribution in [2.75, 3.05) is 18.9 Å². The minimum absolute atomic E-state index is 0.227. The fourth-order valence-electron chi connectivity index (χ4n) is 4.67. The van der Waals surface area contributed by atoms with Gasteiger partial charge in [0.2, 0.25) is 0 Å². The molecule has 164 valence electrons. The lowest BCUT2D eigenvalue weighted by Gasteiger charge is -2.28. The highest BCUT2D eigenvalue weighted by Crippen LogP contribution is 2.32. The van der Waals surface area contributed by atoms with E-state index < -0.39 is 6.10 Å². The van der Waals surface area contributed by atoms with E-state index in [0.29, 0.717) is 30.7 Å². The maximum absolute atomic E-state index is 13.2. The van der Waals surface area contributed by atoms with Crippen LogP contribution in [0.1, 0.15) is 27.9 Å². The Bertz CT molecular complexity index is 1310. The minimum Gasteiger partial charge on any atom is -0.398 e. The van der Waals surface area contributed by atoms with Crippen LogP contribution >= 0.6 is 0 Å². The third-order valence-electron chi connectivity index (χ3n) is 6.46. The Morgan fingerprint density at radius 2 is 1.94 bits per heavy atom. The Morgan fingerprint density at radius 3 is 2.75 bits per heavy atom. The van der Waals surface area contributed by atoms with E-state index in [-0.39, 0.29) is 18.6 Å². The second-order valence-electron chi connectivity index (χ2n) is 8.51. The second kappa shape index (κ2) is 8.30. The van der Waals surface area contributed by atoms with Crippen LogP contribution in [0, 0.1) is 0 Å². The van der Waals surface area contributed by atoms with E-state index in [1.807, 2.05) is 31.3 Å². The molecule has 5 rings (SSSR count). The molecular weight excluding hydrogens is 402 g/mol. The number of benzene rings is 3. The Hall–Kier alpha value is -3.35. The quantitative estimate of drug-likeness (QED) is 0.434. The molecule has 4 N–H and O–H groups in total. The van der Waals surface area contributed by atoms with Crippen LogP contribution in [0.2, 0.25) is 0 Å². The van der Waals surface area contributed by atoms with Gasteiger partial charge in [0, 0.05) is 36.1 Å². The SMILES string of the molecule is Cn1ccc2c(Cc3cc(C(=O)N[C@H]4CCOC[C@@H]4O)c(N)c4ccccc34)cccc21. The second-order valence-corrected chi connectivity index (χ2v) is 8.51. The Labute approximate surface area is 186 Å². The maximum atomic E-state index is 13.2. The number of amides is 1. The molecule has 0 aliphatic carbocycles. The van der Waals surface area contributed by atoms with E-state index >= 15 is 0 Å². The number of fused-ring (bicyclic) bond motifs is 2. The number of nitrogens with two attached hydrogens (primary N) is 1. The number of hydrogen-bond donors (Lipinski definition) is 3. The van der Waals surface area contributed by atoms with Crippen LogP contribution in [0.15, 0.2) is 60.8 Å². The lowest BCUT2D eigenvalue weighted by molar-refractivity contribution is -0.0260. The smallest absolute Gasteiger partial charge is 0.253 e. The number of anilines is 1. The summed E-state index contributed by atoms with van der Waals surface area (Å²) in [5.41, 5.74) is 10.8. The summed E-state index contributed by atoms with van der Waals surface area (Å²) in [4.78, 5) is 13.2. The summed E-state index contributed by atoms with van der Waals surface area (Å²) < 4.78 is 7.38. The summed E-state index contributed by atoms with van der Waals surface area (Å²) in [6, 6.07) is 17.9. The van der Waals surface area contributed by atoms with Crippen molar-refractivity contribution in [1.29, 1.82) is 0 Å². The maximum Gasteiger partial charge on any atom is 0.253 e. The van der Waals surface area contributed by atoms with E-state index in [0.717, 1.165) is 16.3 Å². The van der Waals surface area contributed by atoms with Gasteiger partial charge in [0.05, 0.1) is 30.0 Å². The molecule has 1 aliphatic heterocycles. The molecule has 32 heavy (non-hydrogen) atoms. The molecule has 3 aromatic carbocycles. The predicted molar refractivity (Wildman–Crippen MR) is 127 cm³/mol. The molecule has 6 heteroatoms. The molecule has 0 radical (unpaired) electrons. The normalized spacial score (nSPS) is 18.8. The first-order valence-corrected chi connectivity index (χ1v) is 10.9. The molecule has 2 atom stereocenters. The fraction of sp³-hybridized carbons (Fsp3) is 0.269. The number of aromatic nitrogens is 1. The molecule has 1 fully saturated rings. The number of nitrogen functional groups attached to an aromatic ring is 1. The van der Waals surface area contributed by atoms with Crippen LogP contribution in [0.5, 0.6) is 0 Å². The van der Waals surface area contributed by atoms with Crippen LogP contribution in [0.3, 0.4) is 0 Å². The first-order chi connectivity index (χ1) is 15.5.